The minimum Gasteiger partial charge on any atom is -0.489 e. The number of likely N-dealkylation sites (N-methyl/N-ethyl adjacent to an activating group) is 1. The Kier molecular flexibility index (Phi) is 6.51. The molecule has 0 aliphatic carbocycles. The lowest BCUT2D eigenvalue weighted by Crippen LogP contribution is -2.20. The van der Waals surface area contributed by atoms with Gasteiger partial charge in [0.05, 0.1) is 5.52 Å². The summed E-state index contributed by atoms with van der Waals surface area (Å²) in [4.78, 5) is 28.8. The Morgan fingerprint density at radius 3 is 2.52 bits per heavy atom. The van der Waals surface area contributed by atoms with Crippen molar-refractivity contribution < 1.29 is 23.8 Å². The quantitative estimate of drug-likeness (QED) is 0.464. The van der Waals surface area contributed by atoms with Crippen LogP contribution in [0, 0.1) is 0 Å². The van der Waals surface area contributed by atoms with Crippen LogP contribution < -0.4 is 9.47 Å². The highest BCUT2D eigenvalue weighted by Crippen LogP contribution is 2.32. The summed E-state index contributed by atoms with van der Waals surface area (Å²) in [6.45, 7) is 2.60. The maximum Gasteiger partial charge on any atom is 0.354 e. The van der Waals surface area contributed by atoms with Gasteiger partial charge in [-0.15, -0.1) is 0 Å². The van der Waals surface area contributed by atoms with E-state index in [1.54, 1.807) is 18.2 Å². The first-order valence-corrected chi connectivity index (χ1v) is 9.26. The summed E-state index contributed by atoms with van der Waals surface area (Å²) < 4.78 is 16.5. The monoisotopic (exact) mass is 396 g/mol. The highest BCUT2D eigenvalue weighted by atomic mass is 16.5. The van der Waals surface area contributed by atoms with Crippen molar-refractivity contribution in [2.75, 3.05) is 27.2 Å². The Morgan fingerprint density at radius 2 is 1.83 bits per heavy atom. The number of esters is 2. The van der Waals surface area contributed by atoms with Crippen LogP contribution in [0.5, 0.6) is 11.5 Å². The summed E-state index contributed by atoms with van der Waals surface area (Å²) in [5, 5.41) is 0.604. The first-order chi connectivity index (χ1) is 13.9. The number of rotatable bonds is 8. The average Bonchev–Trinajstić information content (AvgIpc) is 3.11. The zero-order chi connectivity index (χ0) is 20.8. The van der Waals surface area contributed by atoms with Crippen molar-refractivity contribution in [1.29, 1.82) is 0 Å². The molecular formula is C22H24N2O5. The number of aromatic nitrogens is 1. The molecule has 7 heteroatoms. The lowest BCUT2D eigenvalue weighted by atomic mass is 10.2. The lowest BCUT2D eigenvalue weighted by molar-refractivity contribution is -0.131. The molecule has 3 rings (SSSR count). The number of H-pyrrole nitrogens is 1. The van der Waals surface area contributed by atoms with Crippen LogP contribution in [-0.2, 0) is 16.1 Å². The van der Waals surface area contributed by atoms with Gasteiger partial charge in [-0.3, -0.25) is 4.79 Å². The van der Waals surface area contributed by atoms with Gasteiger partial charge >= 0.3 is 11.9 Å². The van der Waals surface area contributed by atoms with Crippen molar-refractivity contribution >= 4 is 22.8 Å². The van der Waals surface area contributed by atoms with Crippen molar-refractivity contribution in [2.45, 2.75) is 13.5 Å². The molecule has 0 atom stereocenters. The maximum atomic E-state index is 12.3. The molecule has 1 N–H and O–H groups in total. The van der Waals surface area contributed by atoms with Gasteiger partial charge in [0, 0.05) is 31.0 Å². The Labute approximate surface area is 169 Å². The molecule has 3 aromatic rings. The molecule has 0 unspecified atom stereocenters. The molecule has 0 aliphatic heterocycles. The van der Waals surface area contributed by atoms with Gasteiger partial charge in [0.25, 0.3) is 0 Å². The Hall–Kier alpha value is -3.32. The molecular weight excluding hydrogens is 372 g/mol. The predicted molar refractivity (Wildman–Crippen MR) is 109 cm³/mol. The first kappa shape index (κ1) is 20.4. The fraction of sp³-hybridized carbons (Fsp3) is 0.273. The Bertz CT molecular complexity index is 995. The van der Waals surface area contributed by atoms with Crippen LogP contribution in [0.15, 0.2) is 48.5 Å². The number of carbonyl (C=O) groups is 2. The van der Waals surface area contributed by atoms with E-state index >= 15 is 0 Å². The van der Waals surface area contributed by atoms with Crippen molar-refractivity contribution in [1.82, 2.24) is 9.88 Å². The summed E-state index contributed by atoms with van der Waals surface area (Å²) in [5.41, 5.74) is 1.91. The molecule has 1 aromatic heterocycles. The number of carbonyl (C=O) groups excluding carboxylic acids is 2. The van der Waals surface area contributed by atoms with Crippen LogP contribution in [0.25, 0.3) is 10.9 Å². The second kappa shape index (κ2) is 9.25. The lowest BCUT2D eigenvalue weighted by Gasteiger charge is -2.09. The van der Waals surface area contributed by atoms with Gasteiger partial charge in [0.2, 0.25) is 0 Å². The number of hydrogen-bond donors (Lipinski definition) is 1. The van der Waals surface area contributed by atoms with E-state index < -0.39 is 11.9 Å². The largest absolute Gasteiger partial charge is 0.489 e. The second-order valence-corrected chi connectivity index (χ2v) is 6.87. The average molecular weight is 396 g/mol. The number of fused-ring (bicyclic) bond motifs is 1. The molecule has 0 saturated carbocycles. The molecule has 29 heavy (non-hydrogen) atoms. The van der Waals surface area contributed by atoms with E-state index in [4.69, 9.17) is 14.2 Å². The number of hydrogen-bond acceptors (Lipinski definition) is 6. The molecule has 0 amide bonds. The van der Waals surface area contributed by atoms with Crippen LogP contribution in [-0.4, -0.2) is 49.1 Å². The van der Waals surface area contributed by atoms with E-state index in [9.17, 15) is 9.59 Å². The molecule has 0 radical (unpaired) electrons. The minimum absolute atomic E-state index is 0.281. The summed E-state index contributed by atoms with van der Waals surface area (Å²) in [6, 6.07) is 14.8. The van der Waals surface area contributed by atoms with Gasteiger partial charge in [-0.05, 0) is 25.7 Å². The van der Waals surface area contributed by atoms with Gasteiger partial charge < -0.3 is 24.1 Å². The highest BCUT2D eigenvalue weighted by Gasteiger charge is 2.16. The molecule has 0 spiro atoms. The third kappa shape index (κ3) is 5.58. The summed E-state index contributed by atoms with van der Waals surface area (Å²) in [6.07, 6.45) is 0. The van der Waals surface area contributed by atoms with Gasteiger partial charge in [-0.25, -0.2) is 4.79 Å². The molecule has 152 valence electrons. The van der Waals surface area contributed by atoms with Gasteiger partial charge in [-0.2, -0.15) is 0 Å². The van der Waals surface area contributed by atoms with Crippen LogP contribution in [0.2, 0.25) is 0 Å². The zero-order valence-electron chi connectivity index (χ0n) is 16.7. The van der Waals surface area contributed by atoms with E-state index in [0.717, 1.165) is 5.56 Å². The van der Waals surface area contributed by atoms with E-state index in [-0.39, 0.29) is 12.3 Å². The normalized spacial score (nSPS) is 10.9. The van der Waals surface area contributed by atoms with Gasteiger partial charge in [-0.1, -0.05) is 30.3 Å². The third-order valence-corrected chi connectivity index (χ3v) is 4.17. The van der Waals surface area contributed by atoms with E-state index in [1.165, 1.54) is 6.92 Å². The molecule has 7 nitrogen and oxygen atoms in total. The van der Waals surface area contributed by atoms with Crippen molar-refractivity contribution in [2.24, 2.45) is 0 Å². The number of benzene rings is 2. The minimum atomic E-state index is -0.469. The van der Waals surface area contributed by atoms with E-state index in [0.29, 0.717) is 35.6 Å². The Balaban J connectivity index is 1.84. The van der Waals surface area contributed by atoms with Crippen LogP contribution in [0.4, 0.5) is 0 Å². The maximum absolute atomic E-state index is 12.3. The van der Waals surface area contributed by atoms with Crippen LogP contribution >= 0.6 is 0 Å². The first-order valence-electron chi connectivity index (χ1n) is 9.26. The van der Waals surface area contributed by atoms with Crippen molar-refractivity contribution in [3.63, 3.8) is 0 Å². The Morgan fingerprint density at radius 1 is 1.07 bits per heavy atom. The number of nitrogens with one attached hydrogen (secondary N) is 1. The molecule has 0 bridgehead atoms. The fourth-order valence-corrected chi connectivity index (χ4v) is 2.75. The van der Waals surface area contributed by atoms with E-state index in [2.05, 4.69) is 4.98 Å². The SMILES string of the molecule is CC(=O)Oc1cc(OCc2ccccc2)cc2[nH]c(C(=O)OCCN(C)C)cc12. The standard InChI is InChI=1S/C22H24N2O5/c1-15(25)29-21-12-17(28-14-16-7-5-4-6-8-16)11-19-18(21)13-20(23-19)22(26)27-10-9-24(2)3/h4-8,11-13,23H,9-10,14H2,1-3H3. The molecule has 0 aliphatic rings. The van der Waals surface area contributed by atoms with Crippen LogP contribution in [0.1, 0.15) is 23.0 Å². The number of aromatic amines is 1. The summed E-state index contributed by atoms with van der Waals surface area (Å²) in [5.74, 6) is -0.0833. The smallest absolute Gasteiger partial charge is 0.354 e. The number of ether oxygens (including phenoxy) is 3. The zero-order valence-corrected chi connectivity index (χ0v) is 16.7. The second-order valence-electron chi connectivity index (χ2n) is 6.87. The molecule has 1 heterocycles. The topological polar surface area (TPSA) is 80.9 Å². The summed E-state index contributed by atoms with van der Waals surface area (Å²) >= 11 is 0. The van der Waals surface area contributed by atoms with Crippen molar-refractivity contribution in [3.8, 4) is 11.5 Å². The molecule has 2 aromatic carbocycles. The van der Waals surface area contributed by atoms with Crippen LogP contribution in [0.3, 0.4) is 0 Å². The van der Waals surface area contributed by atoms with E-state index in [1.807, 2.05) is 49.3 Å². The number of nitrogens with zero attached hydrogens (tertiary/aromatic N) is 1. The predicted octanol–water partition coefficient (Wildman–Crippen LogP) is 3.39. The highest BCUT2D eigenvalue weighted by molar-refractivity contribution is 5.98. The van der Waals surface area contributed by atoms with Crippen molar-refractivity contribution in [3.05, 3.63) is 59.8 Å². The molecule has 0 fully saturated rings. The van der Waals surface area contributed by atoms with Gasteiger partial charge in [0.15, 0.2) is 0 Å². The fourth-order valence-electron chi connectivity index (χ4n) is 2.75. The van der Waals surface area contributed by atoms with Gasteiger partial charge in [0.1, 0.15) is 30.4 Å². The summed E-state index contributed by atoms with van der Waals surface area (Å²) in [7, 11) is 3.80. The molecule has 0 saturated heterocycles. The third-order valence-electron chi connectivity index (χ3n) is 4.17.